The van der Waals surface area contributed by atoms with Crippen LogP contribution in [0, 0.1) is 12.3 Å². The second-order valence-electron chi connectivity index (χ2n) is 9.16. The van der Waals surface area contributed by atoms with Gasteiger partial charge in [-0.1, -0.05) is 5.92 Å². The van der Waals surface area contributed by atoms with Gasteiger partial charge in [-0.3, -0.25) is 0 Å². The van der Waals surface area contributed by atoms with Gasteiger partial charge >= 0.3 is 0 Å². The lowest BCUT2D eigenvalue weighted by Gasteiger charge is -2.16. The Hall–Kier alpha value is -3.64. The van der Waals surface area contributed by atoms with Crippen LogP contribution in [0.15, 0.2) is 40.6 Å². The molecule has 4 rings (SSSR count). The Kier molecular flexibility index (Phi) is 15.4. The van der Waals surface area contributed by atoms with Crippen LogP contribution in [0.3, 0.4) is 0 Å². The molecule has 240 valence electrons. The van der Waals surface area contributed by atoms with Crippen molar-refractivity contribution in [2.75, 3.05) is 112 Å². The molecule has 0 aliphatic carbocycles. The average molecular weight is 617 g/mol. The van der Waals surface area contributed by atoms with Crippen molar-refractivity contribution in [3.8, 4) is 41.1 Å². The summed E-state index contributed by atoms with van der Waals surface area (Å²) in [6.45, 7) is 6.66. The second-order valence-corrected chi connectivity index (χ2v) is 9.16. The van der Waals surface area contributed by atoms with Gasteiger partial charge in [0.25, 0.3) is 0 Å². The molecule has 2 aromatic carbocycles. The van der Waals surface area contributed by atoms with E-state index >= 15 is 0 Å². The highest BCUT2D eigenvalue weighted by atomic mass is 16.6. The Bertz CT molecular complexity index is 1190. The number of ether oxygens (including phenoxy) is 11. The fourth-order valence-corrected chi connectivity index (χ4v) is 3.90. The summed E-state index contributed by atoms with van der Waals surface area (Å²) in [7, 11) is 0. The van der Waals surface area contributed by atoms with Crippen LogP contribution < -0.4 is 23.7 Å². The number of hydrogen-bond acceptors (Lipinski definition) is 13. The minimum Gasteiger partial charge on any atom is -0.487 e. The molecule has 0 spiro atoms. The Morgan fingerprint density at radius 2 is 0.955 bits per heavy atom. The molecule has 13 heteroatoms. The molecular formula is C31H40N2O11. The Morgan fingerprint density at radius 1 is 0.523 bits per heavy atom. The van der Waals surface area contributed by atoms with Gasteiger partial charge in [0.05, 0.1) is 85.0 Å². The first kappa shape index (κ1) is 33.3. The van der Waals surface area contributed by atoms with Gasteiger partial charge in [-0.2, -0.15) is 5.11 Å². The fourth-order valence-electron chi connectivity index (χ4n) is 3.90. The van der Waals surface area contributed by atoms with Crippen molar-refractivity contribution in [2.45, 2.75) is 0 Å². The highest BCUT2D eigenvalue weighted by Crippen LogP contribution is 2.41. The molecule has 2 aliphatic rings. The Labute approximate surface area is 257 Å². The third-order valence-electron chi connectivity index (χ3n) is 5.97. The molecule has 0 saturated heterocycles. The minimum absolute atomic E-state index is 0.0288. The zero-order valence-corrected chi connectivity index (χ0v) is 24.9. The number of azo groups is 1. The van der Waals surface area contributed by atoms with Gasteiger partial charge in [-0.05, 0) is 12.1 Å². The maximum atomic E-state index is 5.99. The van der Waals surface area contributed by atoms with Crippen LogP contribution in [0.2, 0.25) is 0 Å². The van der Waals surface area contributed by atoms with Crippen molar-refractivity contribution in [3.05, 3.63) is 30.3 Å². The summed E-state index contributed by atoms with van der Waals surface area (Å²) in [5.41, 5.74) is 0.923. The van der Waals surface area contributed by atoms with Gasteiger partial charge < -0.3 is 52.1 Å². The van der Waals surface area contributed by atoms with E-state index in [0.29, 0.717) is 139 Å². The van der Waals surface area contributed by atoms with E-state index in [1.165, 1.54) is 0 Å². The third-order valence-corrected chi connectivity index (χ3v) is 5.97. The summed E-state index contributed by atoms with van der Waals surface area (Å²) < 4.78 is 62.7. The molecule has 0 N–H and O–H groups in total. The van der Waals surface area contributed by atoms with Crippen molar-refractivity contribution in [1.29, 1.82) is 0 Å². The predicted molar refractivity (Wildman–Crippen MR) is 158 cm³/mol. The lowest BCUT2D eigenvalue weighted by Crippen LogP contribution is -2.13. The summed E-state index contributed by atoms with van der Waals surface area (Å²) >= 11 is 0. The predicted octanol–water partition coefficient (Wildman–Crippen LogP) is 3.76. The van der Waals surface area contributed by atoms with E-state index in [4.69, 9.17) is 58.5 Å². The van der Waals surface area contributed by atoms with Crippen LogP contribution in [-0.2, 0) is 28.4 Å². The Morgan fingerprint density at radius 3 is 1.45 bits per heavy atom. The molecule has 0 atom stereocenters. The Balaban J connectivity index is 1.53. The van der Waals surface area contributed by atoms with Crippen LogP contribution in [0.5, 0.6) is 28.7 Å². The third kappa shape index (κ3) is 12.2. The van der Waals surface area contributed by atoms with E-state index < -0.39 is 0 Å². The number of benzene rings is 2. The molecule has 0 fully saturated rings. The fraction of sp³-hybridized carbons (Fsp3) is 0.548. The van der Waals surface area contributed by atoms with E-state index in [1.807, 2.05) is 0 Å². The normalized spacial score (nSPS) is 18.5. The molecule has 44 heavy (non-hydrogen) atoms. The SMILES string of the molecule is C#CCOc1cc2c(cc1N=Nc1ccc3c(c1)OCCOCCOCCOCCO3)OCCOCCOCCOCCO2. The molecule has 2 aliphatic heterocycles. The van der Waals surface area contributed by atoms with Crippen molar-refractivity contribution < 1.29 is 52.1 Å². The second kappa shape index (κ2) is 20.3. The molecule has 0 aromatic heterocycles. The van der Waals surface area contributed by atoms with Crippen LogP contribution in [0.25, 0.3) is 0 Å². The van der Waals surface area contributed by atoms with Crippen LogP contribution in [0.1, 0.15) is 0 Å². The lowest BCUT2D eigenvalue weighted by atomic mass is 10.2. The minimum atomic E-state index is 0.0288. The molecular weight excluding hydrogens is 576 g/mol. The number of rotatable bonds is 4. The van der Waals surface area contributed by atoms with Crippen LogP contribution in [-0.4, -0.2) is 112 Å². The summed E-state index contributed by atoms with van der Waals surface area (Å²) in [5.74, 6) is 4.82. The van der Waals surface area contributed by atoms with Crippen LogP contribution >= 0.6 is 0 Å². The van der Waals surface area contributed by atoms with E-state index in [0.717, 1.165) is 0 Å². The van der Waals surface area contributed by atoms with Gasteiger partial charge in [-0.15, -0.1) is 11.5 Å². The first-order valence-corrected chi connectivity index (χ1v) is 14.6. The molecule has 2 aromatic rings. The smallest absolute Gasteiger partial charge is 0.165 e. The molecule has 0 unspecified atom stereocenters. The monoisotopic (exact) mass is 616 g/mol. The average Bonchev–Trinajstić information content (AvgIpc) is 3.05. The molecule has 2 heterocycles. The van der Waals surface area contributed by atoms with Gasteiger partial charge in [0.2, 0.25) is 0 Å². The number of nitrogens with zero attached hydrogens (tertiary/aromatic N) is 2. The number of terminal acetylenes is 1. The lowest BCUT2D eigenvalue weighted by molar-refractivity contribution is 0.00708. The van der Waals surface area contributed by atoms with E-state index in [9.17, 15) is 0 Å². The molecule has 0 radical (unpaired) electrons. The highest BCUT2D eigenvalue weighted by molar-refractivity contribution is 5.62. The maximum Gasteiger partial charge on any atom is 0.165 e. The van der Waals surface area contributed by atoms with E-state index in [1.54, 1.807) is 30.3 Å². The van der Waals surface area contributed by atoms with Gasteiger partial charge in [0.15, 0.2) is 28.7 Å². The number of hydrogen-bond donors (Lipinski definition) is 0. The molecule has 0 saturated carbocycles. The first-order chi connectivity index (χ1) is 21.8. The summed E-state index contributed by atoms with van der Waals surface area (Å²) in [4.78, 5) is 0. The zero-order valence-electron chi connectivity index (χ0n) is 24.9. The van der Waals surface area contributed by atoms with Crippen LogP contribution in [0.4, 0.5) is 11.4 Å². The van der Waals surface area contributed by atoms with Crippen molar-refractivity contribution in [2.24, 2.45) is 10.2 Å². The summed E-state index contributed by atoms with van der Waals surface area (Å²) in [5, 5.41) is 8.90. The van der Waals surface area contributed by atoms with Crippen molar-refractivity contribution in [1.82, 2.24) is 0 Å². The molecule has 13 nitrogen and oxygen atoms in total. The number of fused-ring (bicyclic) bond motifs is 2. The van der Waals surface area contributed by atoms with E-state index in [-0.39, 0.29) is 13.2 Å². The topological polar surface area (TPSA) is 126 Å². The summed E-state index contributed by atoms with van der Waals surface area (Å²) in [6, 6.07) is 8.66. The van der Waals surface area contributed by atoms with Gasteiger partial charge in [-0.25, -0.2) is 0 Å². The van der Waals surface area contributed by atoms with Gasteiger partial charge in [0.1, 0.15) is 38.7 Å². The first-order valence-electron chi connectivity index (χ1n) is 14.6. The molecule has 0 amide bonds. The highest BCUT2D eigenvalue weighted by Gasteiger charge is 2.15. The van der Waals surface area contributed by atoms with Crippen molar-refractivity contribution in [3.63, 3.8) is 0 Å². The zero-order chi connectivity index (χ0) is 30.5. The van der Waals surface area contributed by atoms with Gasteiger partial charge in [0, 0.05) is 18.2 Å². The standard InChI is InChI=1S/C31H40N2O11/c1-2-5-40-28-24-31-30(43-20-16-38-12-8-35-9-13-39-17-21-44-31)23-26(28)33-32-25-3-4-27-29(22-25)42-19-15-37-11-7-34-6-10-36-14-18-41-27/h1,3-4,22-24H,5-21H2. The maximum absolute atomic E-state index is 5.99. The molecule has 0 bridgehead atoms. The van der Waals surface area contributed by atoms with Crippen molar-refractivity contribution >= 4 is 11.4 Å². The quantitative estimate of drug-likeness (QED) is 0.368. The summed E-state index contributed by atoms with van der Waals surface area (Å²) in [6.07, 6.45) is 5.46. The largest absolute Gasteiger partial charge is 0.487 e. The van der Waals surface area contributed by atoms with E-state index in [2.05, 4.69) is 16.1 Å².